The molecule has 0 fully saturated rings. The summed E-state index contributed by atoms with van der Waals surface area (Å²) in [6, 6.07) is 11.5. The number of sulfone groups is 1. The molecule has 0 unspecified atom stereocenters. The van der Waals surface area contributed by atoms with Crippen LogP contribution >= 0.6 is 0 Å². The molecule has 0 bridgehead atoms. The Hall–Kier alpha value is -2.03. The third-order valence-corrected chi connectivity index (χ3v) is 4.33. The van der Waals surface area contributed by atoms with E-state index in [-0.39, 0.29) is 11.6 Å². The van der Waals surface area contributed by atoms with E-state index in [1.165, 1.54) is 6.07 Å². The van der Waals surface area contributed by atoms with Crippen LogP contribution in [0.2, 0.25) is 0 Å². The van der Waals surface area contributed by atoms with Gasteiger partial charge in [0.1, 0.15) is 0 Å². The highest BCUT2D eigenvalue weighted by Crippen LogP contribution is 2.18. The molecule has 0 aliphatic rings. The highest BCUT2D eigenvalue weighted by Gasteiger charge is 2.15. The minimum absolute atomic E-state index is 0.0468. The number of aliphatic hydroxyl groups excluding tert-OH is 1. The van der Waals surface area contributed by atoms with Crippen molar-refractivity contribution in [3.05, 3.63) is 47.5 Å². The van der Waals surface area contributed by atoms with Gasteiger partial charge in [0.2, 0.25) is 0 Å². The summed E-state index contributed by atoms with van der Waals surface area (Å²) in [6.45, 7) is 1.49. The first-order valence-corrected chi connectivity index (χ1v) is 9.43. The van der Waals surface area contributed by atoms with Gasteiger partial charge in [0.15, 0.2) is 20.7 Å². The van der Waals surface area contributed by atoms with Crippen molar-refractivity contribution in [1.29, 1.82) is 0 Å². The lowest BCUT2D eigenvalue weighted by Crippen LogP contribution is -2.20. The summed E-state index contributed by atoms with van der Waals surface area (Å²) < 4.78 is 23.4. The van der Waals surface area contributed by atoms with E-state index < -0.39 is 9.84 Å². The molecular formula is C16H22N4O3S. The van der Waals surface area contributed by atoms with Crippen molar-refractivity contribution in [2.24, 2.45) is 0 Å². The molecule has 1 aromatic heterocycles. The van der Waals surface area contributed by atoms with Crippen LogP contribution in [-0.4, -0.2) is 55.1 Å². The Morgan fingerprint density at radius 1 is 1.17 bits per heavy atom. The molecule has 2 rings (SSSR count). The van der Waals surface area contributed by atoms with E-state index in [1.807, 2.05) is 37.4 Å². The summed E-state index contributed by atoms with van der Waals surface area (Å²) in [7, 11) is -1.48. The van der Waals surface area contributed by atoms with Crippen LogP contribution in [0.25, 0.3) is 0 Å². The molecule has 0 aliphatic carbocycles. The van der Waals surface area contributed by atoms with E-state index in [0.29, 0.717) is 18.9 Å². The standard InChI is InChI=1S/C16H22N4O3S/c1-20(11-13-6-4-3-5-7-13)12-14-10-15(24(2,22)23)18-19-16(14)17-8-9-21/h3-7,10,21H,8-9,11-12H2,1-2H3,(H,17,19). The number of rotatable bonds is 8. The van der Waals surface area contributed by atoms with Crippen molar-refractivity contribution < 1.29 is 13.5 Å². The highest BCUT2D eigenvalue weighted by molar-refractivity contribution is 7.90. The average Bonchev–Trinajstić information content (AvgIpc) is 2.53. The molecule has 7 nitrogen and oxygen atoms in total. The topological polar surface area (TPSA) is 95.4 Å². The van der Waals surface area contributed by atoms with Gasteiger partial charge in [-0.05, 0) is 18.7 Å². The van der Waals surface area contributed by atoms with Gasteiger partial charge in [-0.2, -0.15) is 0 Å². The minimum Gasteiger partial charge on any atom is -0.395 e. The van der Waals surface area contributed by atoms with Crippen molar-refractivity contribution in [2.75, 3.05) is 31.8 Å². The number of anilines is 1. The van der Waals surface area contributed by atoms with Crippen molar-refractivity contribution in [3.63, 3.8) is 0 Å². The molecule has 0 atom stereocenters. The number of nitrogens with zero attached hydrogens (tertiary/aromatic N) is 3. The quantitative estimate of drug-likeness (QED) is 0.731. The highest BCUT2D eigenvalue weighted by atomic mass is 32.2. The van der Waals surface area contributed by atoms with Crippen LogP contribution in [0.4, 0.5) is 5.82 Å². The molecule has 8 heteroatoms. The SMILES string of the molecule is CN(Cc1ccccc1)Cc1cc(S(C)(=O)=O)nnc1NCCO. The molecule has 1 aromatic carbocycles. The van der Waals surface area contributed by atoms with Gasteiger partial charge < -0.3 is 10.4 Å². The Kier molecular flexibility index (Phi) is 6.24. The molecule has 130 valence electrons. The first-order chi connectivity index (χ1) is 11.4. The van der Waals surface area contributed by atoms with Crippen molar-refractivity contribution in [2.45, 2.75) is 18.1 Å². The molecule has 1 heterocycles. The van der Waals surface area contributed by atoms with Crippen LogP contribution in [0, 0.1) is 0 Å². The van der Waals surface area contributed by atoms with Crippen LogP contribution < -0.4 is 5.32 Å². The number of aliphatic hydroxyl groups is 1. The second kappa shape index (κ2) is 8.18. The van der Waals surface area contributed by atoms with E-state index in [9.17, 15) is 8.42 Å². The van der Waals surface area contributed by atoms with Gasteiger partial charge in [0.25, 0.3) is 0 Å². The molecule has 0 saturated carbocycles. The van der Waals surface area contributed by atoms with Crippen LogP contribution in [-0.2, 0) is 22.9 Å². The second-order valence-corrected chi connectivity index (χ2v) is 7.60. The molecule has 0 spiro atoms. The number of hydrogen-bond donors (Lipinski definition) is 2. The lowest BCUT2D eigenvalue weighted by molar-refractivity contribution is 0.309. The summed E-state index contributed by atoms with van der Waals surface area (Å²) in [5, 5.41) is 19.6. The van der Waals surface area contributed by atoms with Crippen molar-refractivity contribution in [1.82, 2.24) is 15.1 Å². The molecule has 0 aliphatic heterocycles. The smallest absolute Gasteiger partial charge is 0.194 e. The Morgan fingerprint density at radius 3 is 2.50 bits per heavy atom. The van der Waals surface area contributed by atoms with E-state index >= 15 is 0 Å². The van der Waals surface area contributed by atoms with Crippen molar-refractivity contribution >= 4 is 15.7 Å². The molecule has 0 amide bonds. The summed E-state index contributed by atoms with van der Waals surface area (Å²) in [5.41, 5.74) is 1.88. The predicted molar refractivity (Wildman–Crippen MR) is 92.3 cm³/mol. The molecule has 2 N–H and O–H groups in total. The van der Waals surface area contributed by atoms with Gasteiger partial charge in [-0.25, -0.2) is 8.42 Å². The monoisotopic (exact) mass is 350 g/mol. The van der Waals surface area contributed by atoms with Crippen LogP contribution in [0.5, 0.6) is 0 Å². The Labute approximate surface area is 142 Å². The predicted octanol–water partition coefficient (Wildman–Crippen LogP) is 0.916. The minimum atomic E-state index is -3.43. The van der Waals surface area contributed by atoms with E-state index in [4.69, 9.17) is 5.11 Å². The maximum absolute atomic E-state index is 11.7. The average molecular weight is 350 g/mol. The largest absolute Gasteiger partial charge is 0.395 e. The number of nitrogens with one attached hydrogen (secondary N) is 1. The number of hydrogen-bond acceptors (Lipinski definition) is 7. The summed E-state index contributed by atoms with van der Waals surface area (Å²) in [6.07, 6.45) is 1.11. The zero-order chi connectivity index (χ0) is 17.6. The second-order valence-electron chi connectivity index (χ2n) is 5.64. The molecule has 24 heavy (non-hydrogen) atoms. The lowest BCUT2D eigenvalue weighted by Gasteiger charge is -2.19. The number of aromatic nitrogens is 2. The fourth-order valence-corrected chi connectivity index (χ4v) is 2.82. The van der Waals surface area contributed by atoms with Gasteiger partial charge in [0, 0.05) is 31.5 Å². The maximum atomic E-state index is 11.7. The third kappa shape index (κ3) is 5.26. The normalized spacial score (nSPS) is 11.7. The summed E-state index contributed by atoms with van der Waals surface area (Å²) >= 11 is 0. The first kappa shape index (κ1) is 18.3. The zero-order valence-electron chi connectivity index (χ0n) is 13.8. The fraction of sp³-hybridized carbons (Fsp3) is 0.375. The molecular weight excluding hydrogens is 328 g/mol. The Morgan fingerprint density at radius 2 is 1.88 bits per heavy atom. The molecule has 2 aromatic rings. The lowest BCUT2D eigenvalue weighted by atomic mass is 10.2. The zero-order valence-corrected chi connectivity index (χ0v) is 14.6. The summed E-state index contributed by atoms with van der Waals surface area (Å²) in [4.78, 5) is 2.06. The number of benzene rings is 1. The van der Waals surface area contributed by atoms with Gasteiger partial charge in [-0.15, -0.1) is 10.2 Å². The van der Waals surface area contributed by atoms with Gasteiger partial charge >= 0.3 is 0 Å². The van der Waals surface area contributed by atoms with Crippen LogP contribution in [0.3, 0.4) is 0 Å². The fourth-order valence-electron chi connectivity index (χ4n) is 2.28. The van der Waals surface area contributed by atoms with Gasteiger partial charge in [-0.3, -0.25) is 4.90 Å². The Balaban J connectivity index is 2.21. The first-order valence-electron chi connectivity index (χ1n) is 7.54. The maximum Gasteiger partial charge on any atom is 0.194 e. The van der Waals surface area contributed by atoms with Gasteiger partial charge in [-0.1, -0.05) is 30.3 Å². The van der Waals surface area contributed by atoms with E-state index in [1.54, 1.807) is 0 Å². The van der Waals surface area contributed by atoms with Crippen LogP contribution in [0.1, 0.15) is 11.1 Å². The van der Waals surface area contributed by atoms with Crippen molar-refractivity contribution in [3.8, 4) is 0 Å². The van der Waals surface area contributed by atoms with Crippen LogP contribution in [0.15, 0.2) is 41.4 Å². The van der Waals surface area contributed by atoms with Gasteiger partial charge in [0.05, 0.1) is 6.61 Å². The molecule has 0 saturated heterocycles. The van der Waals surface area contributed by atoms with E-state index in [2.05, 4.69) is 20.4 Å². The van der Waals surface area contributed by atoms with E-state index in [0.717, 1.165) is 23.9 Å². The molecule has 0 radical (unpaired) electrons. The Bertz CT molecular complexity index is 766. The summed E-state index contributed by atoms with van der Waals surface area (Å²) in [5.74, 6) is 0.483. The third-order valence-electron chi connectivity index (χ3n) is 3.37.